The van der Waals surface area contributed by atoms with E-state index in [9.17, 15) is 0 Å². The molecule has 0 heterocycles. The molecule has 0 aliphatic carbocycles. The lowest BCUT2D eigenvalue weighted by Crippen LogP contribution is -2.14. The van der Waals surface area contributed by atoms with Crippen molar-refractivity contribution in [2.24, 2.45) is 0 Å². The van der Waals surface area contributed by atoms with Crippen LogP contribution in [0.2, 0.25) is 0 Å². The highest BCUT2D eigenvalue weighted by Crippen LogP contribution is 1.86. The maximum atomic E-state index is 5.37. The molecule has 0 radical (unpaired) electrons. The Morgan fingerprint density at radius 2 is 0.667 bits per heavy atom. The summed E-state index contributed by atoms with van der Waals surface area (Å²) < 4.78 is 41.5. The van der Waals surface area contributed by atoms with E-state index in [0.717, 1.165) is 0 Å². The van der Waals surface area contributed by atoms with Gasteiger partial charge in [-0.25, -0.2) is 0 Å². The highest BCUT2D eigenvalue weighted by atomic mass is 79.9. The maximum absolute atomic E-state index is 5.37. The first kappa shape index (κ1) is 24.2. The van der Waals surface area contributed by atoms with E-state index in [4.69, 9.17) is 33.2 Å². The van der Waals surface area contributed by atoms with E-state index in [0.29, 0.717) is 92.5 Å². The molecule has 24 heavy (non-hydrogen) atoms. The van der Waals surface area contributed by atoms with E-state index in [1.165, 1.54) is 0 Å². The van der Waals surface area contributed by atoms with Crippen LogP contribution in [0.5, 0.6) is 0 Å². The summed E-state index contributed by atoms with van der Waals surface area (Å²) in [7, 11) is 1.65. The molecule has 0 spiro atoms. The van der Waals surface area contributed by atoms with Crippen molar-refractivity contribution in [3.8, 4) is 0 Å². The molecule has 0 aromatic heterocycles. The lowest BCUT2D eigenvalue weighted by molar-refractivity contribution is -0.0197. The molecule has 8 nitrogen and oxygen atoms in total. The Bertz CT molecular complexity index is 202. The van der Waals surface area contributed by atoms with Gasteiger partial charge in [-0.3, -0.25) is 0 Å². The molecule has 0 aromatic rings. The van der Waals surface area contributed by atoms with E-state index in [2.05, 4.69) is 20.1 Å². The Balaban J connectivity index is 2.93. The minimum atomic E-state index is 0.524. The normalized spacial score (nSPS) is 11.2. The van der Waals surface area contributed by atoms with Crippen molar-refractivity contribution in [3.63, 3.8) is 0 Å². The fraction of sp³-hybridized carbons (Fsp3) is 1.00. The highest BCUT2D eigenvalue weighted by Gasteiger charge is 1.94. The summed E-state index contributed by atoms with van der Waals surface area (Å²) in [6.45, 7) is 7.79. The Morgan fingerprint density at radius 3 is 0.917 bits per heavy atom. The van der Waals surface area contributed by atoms with Crippen molar-refractivity contribution in [1.29, 1.82) is 0 Å². The van der Waals surface area contributed by atoms with Gasteiger partial charge in [0.15, 0.2) is 0 Å². The Labute approximate surface area is 153 Å². The summed E-state index contributed by atoms with van der Waals surface area (Å²) in [6.07, 6.45) is 0. The van der Waals surface area contributed by atoms with Crippen LogP contribution in [-0.4, -0.2) is 99.6 Å². The van der Waals surface area contributed by atoms with Crippen LogP contribution in [0.1, 0.15) is 0 Å². The van der Waals surface area contributed by atoms with Crippen molar-refractivity contribution < 1.29 is 37.0 Å². The zero-order valence-electron chi connectivity index (χ0n) is 14.5. The minimum absolute atomic E-state index is 0.524. The molecule has 0 saturated heterocycles. The average molecular weight is 419 g/mol. The van der Waals surface area contributed by atoms with Gasteiger partial charge in [-0.15, -0.1) is 0 Å². The fourth-order valence-corrected chi connectivity index (χ4v) is 1.57. The highest BCUT2D eigenvalue weighted by molar-refractivity contribution is 9.06. The van der Waals surface area contributed by atoms with E-state index in [1.54, 1.807) is 7.11 Å². The van der Waals surface area contributed by atoms with E-state index < -0.39 is 0 Å². The van der Waals surface area contributed by atoms with Gasteiger partial charge in [0.1, 0.15) is 0 Å². The van der Waals surface area contributed by atoms with Crippen LogP contribution in [0.25, 0.3) is 0 Å². The smallest absolute Gasteiger partial charge is 0.0988 e. The molecule has 0 amide bonds. The van der Waals surface area contributed by atoms with Gasteiger partial charge >= 0.3 is 0 Å². The second-order valence-corrected chi connectivity index (χ2v) is 4.94. The second-order valence-electron chi connectivity index (χ2n) is 4.48. The number of methoxy groups -OCH3 is 1. The summed E-state index contributed by atoms with van der Waals surface area (Å²) in [5, 5.41) is 0. The summed E-state index contributed by atoms with van der Waals surface area (Å²) in [6, 6.07) is 0. The largest absolute Gasteiger partial charge is 0.382 e. The van der Waals surface area contributed by atoms with Gasteiger partial charge in [-0.1, -0.05) is 0 Å². The van der Waals surface area contributed by atoms with E-state index in [1.807, 2.05) is 0 Å². The van der Waals surface area contributed by atoms with Gasteiger partial charge in [0, 0.05) is 7.11 Å². The minimum Gasteiger partial charge on any atom is -0.382 e. The Morgan fingerprint density at radius 1 is 0.417 bits per heavy atom. The Kier molecular flexibility index (Phi) is 23.3. The molecule has 0 atom stereocenters. The van der Waals surface area contributed by atoms with Gasteiger partial charge < -0.3 is 37.0 Å². The predicted octanol–water partition coefficient (Wildman–Crippen LogP) is 1.06. The van der Waals surface area contributed by atoms with Crippen LogP contribution in [0.4, 0.5) is 0 Å². The first-order valence-corrected chi connectivity index (χ1v) is 8.75. The maximum Gasteiger partial charge on any atom is 0.0988 e. The van der Waals surface area contributed by atoms with Gasteiger partial charge in [0.25, 0.3) is 0 Å². The lowest BCUT2D eigenvalue weighted by Gasteiger charge is -2.08. The standard InChI is InChI=1S/C15H31BrO8/c1-17-2-3-18-4-5-19-6-7-20-8-9-21-10-11-22-12-13-23-14-15-24-16/h2-15H2,1H3. The average Bonchev–Trinajstić information content (AvgIpc) is 2.60. The molecule has 0 aliphatic heterocycles. The number of ether oxygens (including phenoxy) is 7. The third kappa shape index (κ3) is 22.2. The zero-order chi connectivity index (χ0) is 17.6. The third-order valence-electron chi connectivity index (χ3n) is 2.60. The van der Waals surface area contributed by atoms with Gasteiger partial charge in [-0.05, 0) is 0 Å². The van der Waals surface area contributed by atoms with Crippen LogP contribution >= 0.6 is 16.3 Å². The monoisotopic (exact) mass is 418 g/mol. The molecule has 0 N–H and O–H groups in total. The first-order valence-electron chi connectivity index (χ1n) is 8.10. The number of rotatable bonds is 21. The molecule has 146 valence electrons. The van der Waals surface area contributed by atoms with Gasteiger partial charge in [0.2, 0.25) is 0 Å². The van der Waals surface area contributed by atoms with Crippen LogP contribution in [0.3, 0.4) is 0 Å². The molecule has 9 heteroatoms. The number of hydrogen-bond donors (Lipinski definition) is 0. The van der Waals surface area contributed by atoms with E-state index >= 15 is 0 Å². The molecule has 0 saturated carbocycles. The molecule has 0 unspecified atom stereocenters. The van der Waals surface area contributed by atoms with Crippen molar-refractivity contribution in [3.05, 3.63) is 0 Å². The third-order valence-corrected chi connectivity index (χ3v) is 2.92. The predicted molar refractivity (Wildman–Crippen MR) is 91.7 cm³/mol. The van der Waals surface area contributed by atoms with Crippen LogP contribution < -0.4 is 0 Å². The zero-order valence-corrected chi connectivity index (χ0v) is 16.1. The Hall–Kier alpha value is 0.160. The molecule has 0 fully saturated rings. The molecule has 0 bridgehead atoms. The molecular weight excluding hydrogens is 388 g/mol. The van der Waals surface area contributed by atoms with Crippen molar-refractivity contribution in [2.75, 3.05) is 99.6 Å². The van der Waals surface area contributed by atoms with Crippen LogP contribution in [-0.2, 0) is 37.0 Å². The summed E-state index contributed by atoms with van der Waals surface area (Å²) in [5.41, 5.74) is 0. The molecular formula is C15H31BrO8. The second kappa shape index (κ2) is 23.2. The summed E-state index contributed by atoms with van der Waals surface area (Å²) >= 11 is 2.85. The number of hydrogen-bond acceptors (Lipinski definition) is 8. The summed E-state index contributed by atoms with van der Waals surface area (Å²) in [4.78, 5) is 0. The van der Waals surface area contributed by atoms with Crippen molar-refractivity contribution in [2.45, 2.75) is 0 Å². The number of halogens is 1. The van der Waals surface area contributed by atoms with Crippen LogP contribution in [0.15, 0.2) is 0 Å². The van der Waals surface area contributed by atoms with E-state index in [-0.39, 0.29) is 0 Å². The fourth-order valence-electron chi connectivity index (χ4n) is 1.43. The summed E-state index contributed by atoms with van der Waals surface area (Å²) in [5.74, 6) is 0. The first-order chi connectivity index (χ1) is 11.9. The van der Waals surface area contributed by atoms with Crippen molar-refractivity contribution >= 4 is 16.3 Å². The van der Waals surface area contributed by atoms with Gasteiger partial charge in [0.05, 0.1) is 109 Å². The quantitative estimate of drug-likeness (QED) is 0.256. The van der Waals surface area contributed by atoms with Gasteiger partial charge in [-0.2, -0.15) is 0 Å². The van der Waals surface area contributed by atoms with Crippen molar-refractivity contribution in [1.82, 2.24) is 0 Å². The molecule has 0 aromatic carbocycles. The van der Waals surface area contributed by atoms with Crippen LogP contribution in [0, 0.1) is 0 Å². The SMILES string of the molecule is COCCOCCOCCOCCOCCOCCOCCOBr. The molecule has 0 rings (SSSR count). The molecule has 0 aliphatic rings. The topological polar surface area (TPSA) is 73.8 Å². The lowest BCUT2D eigenvalue weighted by atomic mass is 10.6.